The van der Waals surface area contributed by atoms with Crippen molar-refractivity contribution in [2.24, 2.45) is 0 Å². The maximum Gasteiger partial charge on any atom is 0.0466 e. The summed E-state index contributed by atoms with van der Waals surface area (Å²) in [4.78, 5) is 5.67. The van der Waals surface area contributed by atoms with E-state index in [1.165, 1.54) is 33.2 Å². The largest absolute Gasteiger partial charge is 0.355 e. The molecule has 0 radical (unpaired) electrons. The molecule has 0 saturated heterocycles. The van der Waals surface area contributed by atoms with Crippen molar-refractivity contribution in [1.82, 2.24) is 4.98 Å². The molecule has 21 heavy (non-hydrogen) atoms. The number of H-pyrrole nitrogens is 1. The zero-order valence-electron chi connectivity index (χ0n) is 11.9. The molecule has 0 aliphatic heterocycles. The predicted molar refractivity (Wildman–Crippen MR) is 90.3 cm³/mol. The number of hydrogen-bond acceptors (Lipinski definition) is 1. The van der Waals surface area contributed by atoms with Crippen LogP contribution >= 0.6 is 0 Å². The molecule has 0 spiro atoms. The lowest BCUT2D eigenvalue weighted by atomic mass is 10.1. The minimum absolute atomic E-state index is 1.18. The first-order chi connectivity index (χ1) is 10.3. The van der Waals surface area contributed by atoms with Crippen LogP contribution in [0, 0.1) is 0 Å². The highest BCUT2D eigenvalue weighted by Crippen LogP contribution is 2.31. The van der Waals surface area contributed by atoms with Crippen molar-refractivity contribution >= 4 is 33.2 Å². The molecule has 4 aromatic rings. The number of benzene rings is 3. The summed E-state index contributed by atoms with van der Waals surface area (Å²) in [5, 5.41) is 2.54. The summed E-state index contributed by atoms with van der Waals surface area (Å²) in [5.74, 6) is 0. The maximum absolute atomic E-state index is 3.47. The van der Waals surface area contributed by atoms with Crippen LogP contribution in [0.2, 0.25) is 0 Å². The second-order valence-corrected chi connectivity index (χ2v) is 5.30. The van der Waals surface area contributed by atoms with Gasteiger partial charge in [0.15, 0.2) is 0 Å². The molecule has 0 saturated carbocycles. The lowest BCUT2D eigenvalue weighted by Gasteiger charge is -2.19. The Morgan fingerprint density at radius 1 is 0.667 bits per heavy atom. The molecule has 2 heteroatoms. The van der Waals surface area contributed by atoms with Gasteiger partial charge in [-0.3, -0.25) is 0 Å². The van der Waals surface area contributed by atoms with Gasteiger partial charge >= 0.3 is 0 Å². The van der Waals surface area contributed by atoms with Crippen LogP contribution in [0.1, 0.15) is 0 Å². The molecule has 102 valence electrons. The van der Waals surface area contributed by atoms with E-state index in [4.69, 9.17) is 0 Å². The SMILES string of the molecule is CN(c1ccccc1)c1ccc2[nH]c3ccccc3c2c1. The predicted octanol–water partition coefficient (Wildman–Crippen LogP) is 5.09. The third kappa shape index (κ3) is 1.96. The number of rotatable bonds is 2. The first-order valence-corrected chi connectivity index (χ1v) is 7.12. The van der Waals surface area contributed by atoms with Crippen LogP contribution in [0.4, 0.5) is 11.4 Å². The first-order valence-electron chi connectivity index (χ1n) is 7.12. The molecule has 4 rings (SSSR count). The number of para-hydroxylation sites is 2. The van der Waals surface area contributed by atoms with Crippen LogP contribution in [0.3, 0.4) is 0 Å². The Hall–Kier alpha value is -2.74. The molecular formula is C19H16N2. The molecule has 0 fully saturated rings. The number of aromatic amines is 1. The summed E-state index contributed by atoms with van der Waals surface area (Å²) in [6, 6.07) is 25.4. The molecule has 1 aromatic heterocycles. The second kappa shape index (κ2) is 4.67. The molecule has 2 nitrogen and oxygen atoms in total. The topological polar surface area (TPSA) is 19.0 Å². The van der Waals surface area contributed by atoms with Crippen molar-refractivity contribution < 1.29 is 0 Å². The highest BCUT2D eigenvalue weighted by Gasteiger charge is 2.08. The smallest absolute Gasteiger partial charge is 0.0466 e. The van der Waals surface area contributed by atoms with E-state index in [1.54, 1.807) is 0 Å². The monoisotopic (exact) mass is 272 g/mol. The van der Waals surface area contributed by atoms with Gasteiger partial charge in [-0.25, -0.2) is 0 Å². The van der Waals surface area contributed by atoms with Gasteiger partial charge in [0.25, 0.3) is 0 Å². The number of aromatic nitrogens is 1. The van der Waals surface area contributed by atoms with Gasteiger partial charge in [-0.05, 0) is 36.4 Å². The third-order valence-electron chi connectivity index (χ3n) is 4.02. The van der Waals surface area contributed by atoms with Crippen molar-refractivity contribution in [2.75, 3.05) is 11.9 Å². The summed E-state index contributed by atoms with van der Waals surface area (Å²) in [5.41, 5.74) is 4.75. The Kier molecular flexibility index (Phi) is 2.68. The molecule has 1 N–H and O–H groups in total. The van der Waals surface area contributed by atoms with E-state index < -0.39 is 0 Å². The molecule has 0 aliphatic rings. The summed E-state index contributed by atoms with van der Waals surface area (Å²) in [7, 11) is 2.10. The molecular weight excluding hydrogens is 256 g/mol. The molecule has 3 aromatic carbocycles. The van der Waals surface area contributed by atoms with Crippen molar-refractivity contribution in [3.05, 3.63) is 72.8 Å². The van der Waals surface area contributed by atoms with E-state index in [0.29, 0.717) is 0 Å². The summed E-state index contributed by atoms with van der Waals surface area (Å²) in [6.45, 7) is 0. The summed E-state index contributed by atoms with van der Waals surface area (Å²) in [6.07, 6.45) is 0. The average Bonchev–Trinajstić information content (AvgIpc) is 2.93. The van der Waals surface area contributed by atoms with Gasteiger partial charge in [0.1, 0.15) is 0 Å². The van der Waals surface area contributed by atoms with Gasteiger partial charge in [0.05, 0.1) is 0 Å². The lowest BCUT2D eigenvalue weighted by molar-refractivity contribution is 1.21. The van der Waals surface area contributed by atoms with Gasteiger partial charge in [-0.2, -0.15) is 0 Å². The molecule has 0 atom stereocenters. The van der Waals surface area contributed by atoms with Gasteiger partial charge in [0, 0.05) is 40.2 Å². The molecule has 1 heterocycles. The molecule has 0 bridgehead atoms. The average molecular weight is 272 g/mol. The van der Waals surface area contributed by atoms with E-state index in [2.05, 4.69) is 83.7 Å². The van der Waals surface area contributed by atoms with Crippen molar-refractivity contribution in [3.8, 4) is 0 Å². The normalized spacial score (nSPS) is 11.1. The van der Waals surface area contributed by atoms with Crippen molar-refractivity contribution in [2.45, 2.75) is 0 Å². The van der Waals surface area contributed by atoms with Crippen LogP contribution in [-0.2, 0) is 0 Å². The van der Waals surface area contributed by atoms with Crippen LogP contribution < -0.4 is 4.90 Å². The molecule has 0 amide bonds. The number of anilines is 2. The number of nitrogens with zero attached hydrogens (tertiary/aromatic N) is 1. The van der Waals surface area contributed by atoms with Crippen LogP contribution in [0.15, 0.2) is 72.8 Å². The van der Waals surface area contributed by atoms with E-state index in [0.717, 1.165) is 0 Å². The Bertz CT molecular complexity index is 907. The quantitative estimate of drug-likeness (QED) is 0.538. The number of hydrogen-bond donors (Lipinski definition) is 1. The second-order valence-electron chi connectivity index (χ2n) is 5.30. The van der Waals surface area contributed by atoms with Crippen LogP contribution in [-0.4, -0.2) is 12.0 Å². The van der Waals surface area contributed by atoms with Crippen LogP contribution in [0.25, 0.3) is 21.8 Å². The highest BCUT2D eigenvalue weighted by molar-refractivity contribution is 6.08. The fourth-order valence-electron chi connectivity index (χ4n) is 2.85. The highest BCUT2D eigenvalue weighted by atomic mass is 15.1. The van der Waals surface area contributed by atoms with E-state index in [9.17, 15) is 0 Å². The fourth-order valence-corrected chi connectivity index (χ4v) is 2.85. The number of fused-ring (bicyclic) bond motifs is 3. The lowest BCUT2D eigenvalue weighted by Crippen LogP contribution is -2.08. The van der Waals surface area contributed by atoms with Crippen molar-refractivity contribution in [1.29, 1.82) is 0 Å². The third-order valence-corrected chi connectivity index (χ3v) is 4.02. The Morgan fingerprint density at radius 3 is 2.24 bits per heavy atom. The Morgan fingerprint density at radius 2 is 1.38 bits per heavy atom. The van der Waals surface area contributed by atoms with Gasteiger partial charge < -0.3 is 9.88 Å². The Labute approximate surface area is 123 Å². The standard InChI is InChI=1S/C19H16N2/c1-21(14-7-3-2-4-8-14)15-11-12-19-17(13-15)16-9-5-6-10-18(16)20-19/h2-13,20H,1H3. The minimum Gasteiger partial charge on any atom is -0.355 e. The van der Waals surface area contributed by atoms with Gasteiger partial charge in [0.2, 0.25) is 0 Å². The number of nitrogens with one attached hydrogen (secondary N) is 1. The van der Waals surface area contributed by atoms with E-state index in [1.807, 2.05) is 6.07 Å². The summed E-state index contributed by atoms with van der Waals surface area (Å²) < 4.78 is 0. The van der Waals surface area contributed by atoms with E-state index >= 15 is 0 Å². The molecule has 0 unspecified atom stereocenters. The van der Waals surface area contributed by atoms with Gasteiger partial charge in [-0.15, -0.1) is 0 Å². The summed E-state index contributed by atoms with van der Waals surface area (Å²) >= 11 is 0. The van der Waals surface area contributed by atoms with Gasteiger partial charge in [-0.1, -0.05) is 36.4 Å². The minimum atomic E-state index is 1.18. The first kappa shape index (κ1) is 12.0. The zero-order valence-corrected chi connectivity index (χ0v) is 11.9. The fraction of sp³-hybridized carbons (Fsp3) is 0.0526. The van der Waals surface area contributed by atoms with E-state index in [-0.39, 0.29) is 0 Å². The van der Waals surface area contributed by atoms with Crippen LogP contribution in [0.5, 0.6) is 0 Å². The van der Waals surface area contributed by atoms with Crippen molar-refractivity contribution in [3.63, 3.8) is 0 Å². The Balaban J connectivity index is 1.88. The zero-order chi connectivity index (χ0) is 14.2. The maximum atomic E-state index is 3.47. The molecule has 0 aliphatic carbocycles.